The lowest BCUT2D eigenvalue weighted by atomic mass is 10.0. The fourth-order valence-corrected chi connectivity index (χ4v) is 2.46. The van der Waals surface area contributed by atoms with Gasteiger partial charge >= 0.3 is 0 Å². The van der Waals surface area contributed by atoms with E-state index in [0.29, 0.717) is 18.8 Å². The molecule has 2 rings (SSSR count). The van der Waals surface area contributed by atoms with Crippen LogP contribution in [0.15, 0.2) is 23.2 Å². The van der Waals surface area contributed by atoms with Gasteiger partial charge in [0.15, 0.2) is 0 Å². The number of thioether (sulfide) groups is 1. The zero-order valence-electron chi connectivity index (χ0n) is 9.59. The van der Waals surface area contributed by atoms with E-state index in [1.165, 1.54) is 0 Å². The second-order valence-electron chi connectivity index (χ2n) is 3.82. The summed E-state index contributed by atoms with van der Waals surface area (Å²) in [5, 5.41) is 8.69. The third-order valence-corrected chi connectivity index (χ3v) is 3.55. The maximum Gasteiger partial charge on any atom is 0.273 e. The monoisotopic (exact) mass is 247 g/mol. The van der Waals surface area contributed by atoms with Crippen molar-refractivity contribution in [2.45, 2.75) is 11.8 Å². The highest BCUT2D eigenvalue weighted by Crippen LogP contribution is 2.24. The number of aromatic nitrogens is 1. The van der Waals surface area contributed by atoms with Crippen molar-refractivity contribution in [2.75, 3.05) is 18.8 Å². The second kappa shape index (κ2) is 5.19. The number of hydrogen-bond acceptors (Lipinski definition) is 4. The van der Waals surface area contributed by atoms with Gasteiger partial charge in [-0.3, -0.25) is 4.79 Å². The van der Waals surface area contributed by atoms with Crippen LogP contribution in [0.2, 0.25) is 0 Å². The highest BCUT2D eigenvalue weighted by atomic mass is 32.2. The number of pyridine rings is 1. The van der Waals surface area contributed by atoms with Crippen molar-refractivity contribution < 1.29 is 4.79 Å². The molecule has 1 amide bonds. The molecule has 1 saturated heterocycles. The Morgan fingerprint density at radius 2 is 2.47 bits per heavy atom. The first-order valence-corrected chi connectivity index (χ1v) is 6.51. The van der Waals surface area contributed by atoms with E-state index in [4.69, 9.17) is 5.26 Å². The van der Waals surface area contributed by atoms with E-state index in [-0.39, 0.29) is 11.8 Å². The highest BCUT2D eigenvalue weighted by Gasteiger charge is 2.32. The molecule has 17 heavy (non-hydrogen) atoms. The van der Waals surface area contributed by atoms with Gasteiger partial charge in [0.05, 0.1) is 12.0 Å². The van der Waals surface area contributed by atoms with Crippen molar-refractivity contribution in [3.63, 3.8) is 0 Å². The summed E-state index contributed by atoms with van der Waals surface area (Å²) in [6.07, 6.45) is 1.63. The van der Waals surface area contributed by atoms with Gasteiger partial charge in [0.1, 0.15) is 5.69 Å². The van der Waals surface area contributed by atoms with E-state index in [9.17, 15) is 4.79 Å². The first-order chi connectivity index (χ1) is 8.26. The molecule has 2 heterocycles. The lowest BCUT2D eigenvalue weighted by molar-refractivity contribution is 0.0567. The molecule has 0 saturated carbocycles. The third kappa shape index (κ3) is 2.42. The van der Waals surface area contributed by atoms with Crippen molar-refractivity contribution in [3.05, 3.63) is 24.0 Å². The van der Waals surface area contributed by atoms with Gasteiger partial charge < -0.3 is 4.90 Å². The summed E-state index contributed by atoms with van der Waals surface area (Å²) >= 11 is 1.61. The first-order valence-electron chi connectivity index (χ1n) is 5.53. The van der Waals surface area contributed by atoms with Crippen molar-refractivity contribution in [2.24, 2.45) is 5.92 Å². The van der Waals surface area contributed by atoms with Crippen LogP contribution in [-0.2, 0) is 0 Å². The van der Waals surface area contributed by atoms with E-state index in [0.717, 1.165) is 10.6 Å². The van der Waals surface area contributed by atoms with Crippen LogP contribution in [-0.4, -0.2) is 34.6 Å². The van der Waals surface area contributed by atoms with Crippen molar-refractivity contribution in [1.82, 2.24) is 9.88 Å². The molecular weight excluding hydrogens is 234 g/mol. The summed E-state index contributed by atoms with van der Waals surface area (Å²) < 4.78 is 0. The van der Waals surface area contributed by atoms with E-state index >= 15 is 0 Å². The third-order valence-electron chi connectivity index (χ3n) is 2.62. The Bertz CT molecular complexity index is 463. The lowest BCUT2D eigenvalue weighted by Crippen LogP contribution is -2.49. The van der Waals surface area contributed by atoms with Crippen molar-refractivity contribution in [3.8, 4) is 6.07 Å². The van der Waals surface area contributed by atoms with Crippen LogP contribution in [0.4, 0.5) is 0 Å². The second-order valence-corrected chi connectivity index (χ2v) is 5.13. The van der Waals surface area contributed by atoms with Gasteiger partial charge in [-0.1, -0.05) is 6.92 Å². The number of hydrogen-bond donors (Lipinski definition) is 0. The van der Waals surface area contributed by atoms with Crippen LogP contribution in [0, 0.1) is 17.2 Å². The van der Waals surface area contributed by atoms with Gasteiger partial charge in [0, 0.05) is 24.2 Å². The summed E-state index contributed by atoms with van der Waals surface area (Å²) in [5.41, 5.74) is 0.510. The smallest absolute Gasteiger partial charge is 0.273 e. The van der Waals surface area contributed by atoms with Crippen molar-refractivity contribution in [1.29, 1.82) is 5.26 Å². The SMILES string of the molecule is CCSc1cccnc1C(=O)N1CC(C#N)C1. The fourth-order valence-electron chi connectivity index (χ4n) is 1.70. The van der Waals surface area contributed by atoms with E-state index in [1.54, 1.807) is 22.9 Å². The molecular formula is C12H13N3OS. The Morgan fingerprint density at radius 1 is 1.71 bits per heavy atom. The summed E-state index contributed by atoms with van der Waals surface area (Å²) in [6, 6.07) is 5.91. The fraction of sp³-hybridized carbons (Fsp3) is 0.417. The average molecular weight is 247 g/mol. The van der Waals surface area contributed by atoms with Crippen LogP contribution in [0.3, 0.4) is 0 Å². The predicted molar refractivity (Wildman–Crippen MR) is 65.6 cm³/mol. The average Bonchev–Trinajstić information content (AvgIpc) is 2.28. The summed E-state index contributed by atoms with van der Waals surface area (Å²) in [7, 11) is 0. The van der Waals surface area contributed by atoms with Crippen LogP contribution in [0.5, 0.6) is 0 Å². The van der Waals surface area contributed by atoms with Crippen LogP contribution in [0.1, 0.15) is 17.4 Å². The summed E-state index contributed by atoms with van der Waals surface area (Å²) in [5.74, 6) is 0.838. The molecule has 1 aromatic rings. The number of rotatable bonds is 3. The molecule has 0 atom stereocenters. The molecule has 0 aliphatic carbocycles. The van der Waals surface area contributed by atoms with Gasteiger partial charge in [0.25, 0.3) is 5.91 Å². The molecule has 88 valence electrons. The number of carbonyl (C=O) groups is 1. The summed E-state index contributed by atoms with van der Waals surface area (Å²) in [6.45, 7) is 3.10. The molecule has 0 radical (unpaired) electrons. The molecule has 1 aromatic heterocycles. The number of nitrogens with zero attached hydrogens (tertiary/aromatic N) is 3. The normalized spacial score (nSPS) is 15.2. The maximum atomic E-state index is 12.1. The zero-order valence-corrected chi connectivity index (χ0v) is 10.4. The van der Waals surface area contributed by atoms with E-state index < -0.39 is 0 Å². The summed E-state index contributed by atoms with van der Waals surface area (Å²) in [4.78, 5) is 18.9. The van der Waals surface area contributed by atoms with Crippen LogP contribution < -0.4 is 0 Å². The van der Waals surface area contributed by atoms with Gasteiger partial charge in [-0.05, 0) is 17.9 Å². The van der Waals surface area contributed by atoms with Crippen molar-refractivity contribution >= 4 is 17.7 Å². The van der Waals surface area contributed by atoms with Gasteiger partial charge in [-0.25, -0.2) is 4.98 Å². The quantitative estimate of drug-likeness (QED) is 0.764. The van der Waals surface area contributed by atoms with Gasteiger partial charge in [0.2, 0.25) is 0 Å². The molecule has 1 fully saturated rings. The Morgan fingerprint density at radius 3 is 3.12 bits per heavy atom. The first kappa shape index (κ1) is 11.9. The minimum Gasteiger partial charge on any atom is -0.334 e. The largest absolute Gasteiger partial charge is 0.334 e. The van der Waals surface area contributed by atoms with Gasteiger partial charge in [-0.15, -0.1) is 11.8 Å². The van der Waals surface area contributed by atoms with Gasteiger partial charge in [-0.2, -0.15) is 5.26 Å². The number of carbonyl (C=O) groups excluding carboxylic acids is 1. The van der Waals surface area contributed by atoms with Crippen LogP contribution >= 0.6 is 11.8 Å². The van der Waals surface area contributed by atoms with Crippen LogP contribution in [0.25, 0.3) is 0 Å². The molecule has 0 N–H and O–H groups in total. The molecule has 4 nitrogen and oxygen atoms in total. The topological polar surface area (TPSA) is 57.0 Å². The lowest BCUT2D eigenvalue weighted by Gasteiger charge is -2.35. The molecule has 0 bridgehead atoms. The maximum absolute atomic E-state index is 12.1. The standard InChI is InChI=1S/C12H13N3OS/c1-2-17-10-4-3-5-14-11(10)12(16)15-7-9(6-13)8-15/h3-5,9H,2,7-8H2,1H3. The zero-order chi connectivity index (χ0) is 12.3. The Kier molecular flexibility index (Phi) is 3.64. The number of likely N-dealkylation sites (tertiary alicyclic amines) is 1. The van der Waals surface area contributed by atoms with E-state index in [2.05, 4.69) is 11.1 Å². The molecule has 0 aromatic carbocycles. The molecule has 0 spiro atoms. The van der Waals surface area contributed by atoms with E-state index in [1.807, 2.05) is 19.1 Å². The Labute approximate surface area is 105 Å². The minimum absolute atomic E-state index is 0.00931. The molecule has 1 aliphatic heterocycles. The number of nitriles is 1. The molecule has 0 unspecified atom stereocenters. The molecule has 1 aliphatic rings. The molecule has 5 heteroatoms. The minimum atomic E-state index is -0.0620. The number of amides is 1. The Balaban J connectivity index is 2.12. The predicted octanol–water partition coefficient (Wildman–Crippen LogP) is 1.79. The highest BCUT2D eigenvalue weighted by molar-refractivity contribution is 7.99. The Hall–Kier alpha value is -1.54.